The minimum Gasteiger partial charge on any atom is -0.0616 e. The first-order valence-electron chi connectivity index (χ1n) is 7.38. The molecule has 0 amide bonds. The van der Waals surface area contributed by atoms with Gasteiger partial charge < -0.3 is 0 Å². The molecule has 0 aliphatic carbocycles. The van der Waals surface area contributed by atoms with Crippen LogP contribution in [0.25, 0.3) is 21.5 Å². The number of benzene rings is 4. The van der Waals surface area contributed by atoms with Gasteiger partial charge in [0.1, 0.15) is 0 Å². The van der Waals surface area contributed by atoms with E-state index in [-0.39, 0.29) is 0 Å². The summed E-state index contributed by atoms with van der Waals surface area (Å²) in [5, 5.41) is 8.23. The van der Waals surface area contributed by atoms with E-state index in [1.165, 1.54) is 31.9 Å². The van der Waals surface area contributed by atoms with E-state index in [1.54, 1.807) is 0 Å². The van der Waals surface area contributed by atoms with Crippen LogP contribution in [-0.2, 0) is 0 Å². The van der Waals surface area contributed by atoms with Gasteiger partial charge in [-0.25, -0.2) is 0 Å². The molecule has 2 radical (unpaired) electrons. The second kappa shape index (κ2) is 5.91. The summed E-state index contributed by atoms with van der Waals surface area (Å²) in [6, 6.07) is 30.9. The third kappa shape index (κ3) is 2.75. The topological polar surface area (TPSA) is 0 Å². The van der Waals surface area contributed by atoms with Crippen molar-refractivity contribution in [1.82, 2.24) is 0 Å². The largest absolute Gasteiger partial charge is 0.0616 e. The summed E-state index contributed by atoms with van der Waals surface area (Å²) >= 11 is 0. The van der Waals surface area contributed by atoms with E-state index >= 15 is 0 Å². The van der Waals surface area contributed by atoms with Crippen molar-refractivity contribution in [3.05, 3.63) is 84.9 Å². The van der Waals surface area contributed by atoms with Crippen molar-refractivity contribution in [2.75, 3.05) is 0 Å². The lowest BCUT2D eigenvalue weighted by Gasteiger charge is -2.00. The zero-order chi connectivity index (χ0) is 14.8. The summed E-state index contributed by atoms with van der Waals surface area (Å²) in [5.41, 5.74) is 0. The van der Waals surface area contributed by atoms with Gasteiger partial charge in [-0.15, -0.1) is 0 Å². The first-order chi connectivity index (χ1) is 10.9. The minimum atomic E-state index is 0.844. The molecule has 22 heavy (non-hydrogen) atoms. The molecule has 0 aliphatic rings. The van der Waals surface area contributed by atoms with Gasteiger partial charge in [-0.1, -0.05) is 84.9 Å². The van der Waals surface area contributed by atoms with E-state index in [2.05, 4.69) is 84.9 Å². The van der Waals surface area contributed by atoms with Crippen LogP contribution in [0.4, 0.5) is 0 Å². The summed E-state index contributed by atoms with van der Waals surface area (Å²) in [4.78, 5) is 0. The van der Waals surface area contributed by atoms with Gasteiger partial charge in [0.05, 0.1) is 0 Å². The molecule has 4 aromatic rings. The fourth-order valence-corrected chi connectivity index (χ4v) is 5.55. The maximum Gasteiger partial charge on any atom is 0.0403 e. The molecule has 0 bridgehead atoms. The number of hydrogen-bond acceptors (Lipinski definition) is 0. The summed E-state index contributed by atoms with van der Waals surface area (Å²) in [6.07, 6.45) is 0. The van der Waals surface area contributed by atoms with Gasteiger partial charge in [0.2, 0.25) is 0 Å². The van der Waals surface area contributed by atoms with Crippen molar-refractivity contribution in [3.8, 4) is 0 Å². The molecule has 0 unspecified atom stereocenters. The van der Waals surface area contributed by atoms with Crippen molar-refractivity contribution < 1.29 is 0 Å². The van der Waals surface area contributed by atoms with Crippen LogP contribution in [0.2, 0.25) is 0 Å². The second-order valence-corrected chi connectivity index (χ2v) is 8.53. The Kier molecular flexibility index (Phi) is 3.63. The summed E-state index contributed by atoms with van der Waals surface area (Å²) in [5.74, 6) is 0. The normalized spacial score (nSPS) is 11.5. The van der Waals surface area contributed by atoms with Crippen molar-refractivity contribution in [2.24, 2.45) is 0 Å². The van der Waals surface area contributed by atoms with Crippen molar-refractivity contribution >= 4 is 49.1 Å². The van der Waals surface area contributed by atoms with E-state index < -0.39 is 0 Å². The average molecular weight is 311 g/mol. The summed E-state index contributed by atoms with van der Waals surface area (Å²) in [6.45, 7) is 0. The first kappa shape index (κ1) is 13.5. The minimum absolute atomic E-state index is 0.844. The van der Waals surface area contributed by atoms with Gasteiger partial charge in [-0.05, 0) is 31.9 Å². The Bertz CT molecular complexity index is 905. The molecule has 0 saturated carbocycles. The molecule has 102 valence electrons. The molecule has 0 fully saturated rings. The lowest BCUT2D eigenvalue weighted by atomic mass is 10.1. The Morgan fingerprint density at radius 1 is 0.409 bits per heavy atom. The molecule has 0 heterocycles. The van der Waals surface area contributed by atoms with Gasteiger partial charge in [0.15, 0.2) is 0 Å². The monoisotopic (exact) mass is 310 g/mol. The molecule has 0 N–H and O–H groups in total. The molecule has 0 nitrogen and oxygen atoms in total. The second-order valence-electron chi connectivity index (χ2n) is 5.37. The van der Waals surface area contributed by atoms with Crippen LogP contribution in [-0.4, -0.2) is 17.2 Å². The predicted molar refractivity (Wildman–Crippen MR) is 98.7 cm³/mol. The van der Waals surface area contributed by atoms with Crippen LogP contribution in [0.5, 0.6) is 0 Å². The van der Waals surface area contributed by atoms with Gasteiger partial charge in [-0.2, -0.15) is 0 Å². The van der Waals surface area contributed by atoms with Gasteiger partial charge in [0.25, 0.3) is 0 Å². The summed E-state index contributed by atoms with van der Waals surface area (Å²) in [7, 11) is 1.69. The van der Waals surface area contributed by atoms with Crippen LogP contribution >= 0.6 is 0 Å². The quantitative estimate of drug-likeness (QED) is 0.499. The molecule has 4 rings (SSSR count). The van der Waals surface area contributed by atoms with Crippen molar-refractivity contribution in [3.63, 3.8) is 0 Å². The van der Waals surface area contributed by atoms with E-state index in [9.17, 15) is 0 Å². The van der Waals surface area contributed by atoms with Gasteiger partial charge in [0, 0.05) is 17.2 Å². The zero-order valence-electron chi connectivity index (χ0n) is 12.1. The third-order valence-electron chi connectivity index (χ3n) is 3.85. The van der Waals surface area contributed by atoms with E-state index in [4.69, 9.17) is 0 Å². The van der Waals surface area contributed by atoms with Crippen LogP contribution in [0.1, 0.15) is 0 Å². The van der Waals surface area contributed by atoms with E-state index in [0.717, 1.165) is 17.2 Å². The zero-order valence-corrected chi connectivity index (χ0v) is 14.1. The Balaban J connectivity index is 1.68. The SMILES string of the molecule is c1ccc2cc([Si]=[Si]c3ccc4ccccc4c3)ccc2c1. The van der Waals surface area contributed by atoms with Crippen LogP contribution in [0, 0.1) is 0 Å². The maximum absolute atomic E-state index is 2.34. The Labute approximate surface area is 134 Å². The third-order valence-corrected chi connectivity index (χ3v) is 7.28. The first-order valence-corrected chi connectivity index (χ1v) is 10.4. The Morgan fingerprint density at radius 2 is 0.818 bits per heavy atom. The highest BCUT2D eigenvalue weighted by molar-refractivity contribution is 6.88. The molecule has 0 aromatic heterocycles. The fourth-order valence-electron chi connectivity index (χ4n) is 2.68. The average Bonchev–Trinajstić information content (AvgIpc) is 2.59. The van der Waals surface area contributed by atoms with Crippen LogP contribution in [0.3, 0.4) is 0 Å². The Hall–Kier alpha value is -2.17. The van der Waals surface area contributed by atoms with E-state index in [0.29, 0.717) is 0 Å². The highest BCUT2D eigenvalue weighted by Gasteiger charge is 1.96. The van der Waals surface area contributed by atoms with Gasteiger partial charge in [-0.3, -0.25) is 0 Å². The maximum atomic E-state index is 2.34. The standard InChI is InChI=1S/C20H14Si2/c1-3-7-17-13-19(11-9-15(17)5-1)21-22-20-12-10-16-6-2-4-8-18(16)14-20/h1-14H. The fraction of sp³-hybridized carbons (Fsp3) is 0. The molecular weight excluding hydrogens is 296 g/mol. The predicted octanol–water partition coefficient (Wildman–Crippen LogP) is 3.27. The number of hydrogen-bond donors (Lipinski definition) is 0. The van der Waals surface area contributed by atoms with Crippen LogP contribution < -0.4 is 10.4 Å². The lowest BCUT2D eigenvalue weighted by molar-refractivity contribution is 1.78. The van der Waals surface area contributed by atoms with Crippen molar-refractivity contribution in [1.29, 1.82) is 0 Å². The molecule has 0 atom stereocenters. The number of fused-ring (bicyclic) bond motifs is 2. The van der Waals surface area contributed by atoms with Gasteiger partial charge >= 0.3 is 0 Å². The molecule has 0 spiro atoms. The molecule has 4 aromatic carbocycles. The molecule has 2 heteroatoms. The Morgan fingerprint density at radius 3 is 1.27 bits per heavy atom. The smallest absolute Gasteiger partial charge is 0.0403 e. The summed E-state index contributed by atoms with van der Waals surface area (Å²) < 4.78 is 0. The van der Waals surface area contributed by atoms with Crippen molar-refractivity contribution in [2.45, 2.75) is 0 Å². The highest BCUT2D eigenvalue weighted by atomic mass is 28.9. The molecule has 0 saturated heterocycles. The molecular formula is C20H14Si2. The van der Waals surface area contributed by atoms with E-state index in [1.807, 2.05) is 0 Å². The molecule has 0 aliphatic heterocycles. The van der Waals surface area contributed by atoms with Crippen LogP contribution in [0.15, 0.2) is 84.9 Å². The highest BCUT2D eigenvalue weighted by Crippen LogP contribution is 2.11. The lowest BCUT2D eigenvalue weighted by Crippen LogP contribution is -2.17. The number of rotatable bonds is 2.